The molecule has 1 aliphatic rings. The van der Waals surface area contributed by atoms with Crippen LogP contribution in [0.25, 0.3) is 0 Å². The maximum absolute atomic E-state index is 13.9. The summed E-state index contributed by atoms with van der Waals surface area (Å²) in [6, 6.07) is 4.99. The molecule has 0 fully saturated rings. The summed E-state index contributed by atoms with van der Waals surface area (Å²) in [5, 5.41) is 0.0439. The summed E-state index contributed by atoms with van der Waals surface area (Å²) in [6.45, 7) is 2.74. The quantitative estimate of drug-likeness (QED) is 0.593. The van der Waals surface area contributed by atoms with E-state index in [9.17, 15) is 26.9 Å². The Bertz CT molecular complexity index is 913. The molecule has 0 aliphatic heterocycles. The molecule has 2 aromatic rings. The molecule has 8 heteroatoms. The summed E-state index contributed by atoms with van der Waals surface area (Å²) in [7, 11) is -3.00. The van der Waals surface area contributed by atoms with E-state index >= 15 is 0 Å². The van der Waals surface area contributed by atoms with Crippen molar-refractivity contribution in [3.63, 3.8) is 0 Å². The third kappa shape index (κ3) is 3.21. The minimum Gasteiger partial charge on any atom is -0.457 e. The van der Waals surface area contributed by atoms with Crippen LogP contribution < -0.4 is 10.0 Å². The summed E-state index contributed by atoms with van der Waals surface area (Å²) < 4.78 is 72.1. The number of Topliss-reactive ketones (excluding diaryl/α,β-unsaturated/α-hetero) is 1. The molecule has 3 nitrogen and oxygen atoms in total. The first-order valence-corrected chi connectivity index (χ1v) is 9.87. The number of carbonyl (C=O) groups excluding carboxylic acids is 1. The molecular weight excluding hydrogens is 359 g/mol. The van der Waals surface area contributed by atoms with Gasteiger partial charge in [-0.05, 0) is 25.5 Å². The average Bonchev–Trinajstić information content (AvgIpc) is 2.68. The highest BCUT2D eigenvalue weighted by atomic mass is 31.2. The van der Waals surface area contributed by atoms with Gasteiger partial charge in [-0.1, -0.05) is 0 Å². The summed E-state index contributed by atoms with van der Waals surface area (Å²) in [5.74, 6) is -7.20. The van der Waals surface area contributed by atoms with E-state index in [-0.39, 0.29) is 27.9 Å². The number of hydrogen-bond donors (Lipinski definition) is 0. The van der Waals surface area contributed by atoms with E-state index in [1.165, 1.54) is 25.5 Å². The predicted octanol–water partition coefficient (Wildman–Crippen LogP) is 4.38. The zero-order valence-electron chi connectivity index (χ0n) is 13.3. The van der Waals surface area contributed by atoms with Crippen LogP contribution in [0, 0.1) is 11.6 Å². The lowest BCUT2D eigenvalue weighted by Gasteiger charge is -2.15. The van der Waals surface area contributed by atoms with Gasteiger partial charge >= 0.3 is 5.92 Å². The third-order valence-corrected chi connectivity index (χ3v) is 5.38. The summed E-state index contributed by atoms with van der Waals surface area (Å²) in [6.07, 6.45) is -0.915. The molecule has 0 radical (unpaired) electrons. The molecule has 0 aromatic heterocycles. The fourth-order valence-corrected chi connectivity index (χ4v) is 4.00. The summed E-state index contributed by atoms with van der Waals surface area (Å²) >= 11 is 0. The van der Waals surface area contributed by atoms with Gasteiger partial charge in [0, 0.05) is 41.1 Å². The maximum atomic E-state index is 13.9. The molecule has 0 saturated heterocycles. The van der Waals surface area contributed by atoms with Gasteiger partial charge in [0.2, 0.25) is 5.78 Å². The molecule has 25 heavy (non-hydrogen) atoms. The number of ketones is 1. The van der Waals surface area contributed by atoms with Gasteiger partial charge in [0.05, 0.1) is 0 Å². The average molecular weight is 372 g/mol. The largest absolute Gasteiger partial charge is 0.457 e. The Labute approximate surface area is 141 Å². The number of benzene rings is 2. The van der Waals surface area contributed by atoms with Crippen LogP contribution in [0.5, 0.6) is 11.5 Å². The van der Waals surface area contributed by atoms with Crippen LogP contribution in [0.4, 0.5) is 17.6 Å². The van der Waals surface area contributed by atoms with Crippen LogP contribution in [0.1, 0.15) is 15.9 Å². The molecule has 0 heterocycles. The Morgan fingerprint density at radius 1 is 1.08 bits per heavy atom. The van der Waals surface area contributed by atoms with E-state index in [0.29, 0.717) is 6.07 Å². The second-order valence-corrected chi connectivity index (χ2v) is 9.39. The predicted molar refractivity (Wildman–Crippen MR) is 84.9 cm³/mol. The van der Waals surface area contributed by atoms with Crippen molar-refractivity contribution in [3.05, 3.63) is 53.1 Å². The van der Waals surface area contributed by atoms with Crippen LogP contribution in [0.2, 0.25) is 0 Å². The van der Waals surface area contributed by atoms with Crippen LogP contribution in [-0.2, 0) is 11.0 Å². The van der Waals surface area contributed by atoms with Gasteiger partial charge in [-0.3, -0.25) is 4.79 Å². The maximum Gasteiger partial charge on any atom is 0.313 e. The van der Waals surface area contributed by atoms with Crippen molar-refractivity contribution in [1.82, 2.24) is 0 Å². The molecule has 0 bridgehead atoms. The molecule has 0 saturated carbocycles. The van der Waals surface area contributed by atoms with E-state index in [2.05, 4.69) is 0 Å². The highest BCUT2D eigenvalue weighted by molar-refractivity contribution is 7.70. The minimum atomic E-state index is -3.64. The van der Waals surface area contributed by atoms with Gasteiger partial charge in [-0.2, -0.15) is 8.78 Å². The highest BCUT2D eigenvalue weighted by Crippen LogP contribution is 2.45. The molecule has 0 spiro atoms. The second kappa shape index (κ2) is 5.70. The van der Waals surface area contributed by atoms with E-state index in [0.717, 1.165) is 12.1 Å². The van der Waals surface area contributed by atoms with Crippen molar-refractivity contribution in [1.29, 1.82) is 0 Å². The Hall–Kier alpha value is -2.14. The molecular formula is C17H13F4O3P. The van der Waals surface area contributed by atoms with Gasteiger partial charge in [0.15, 0.2) is 0 Å². The summed E-state index contributed by atoms with van der Waals surface area (Å²) in [4.78, 5) is 12.1. The van der Waals surface area contributed by atoms with Gasteiger partial charge in [-0.15, -0.1) is 0 Å². The van der Waals surface area contributed by atoms with E-state index < -0.39 is 36.9 Å². The number of halogens is 4. The smallest absolute Gasteiger partial charge is 0.313 e. The van der Waals surface area contributed by atoms with Gasteiger partial charge in [0.1, 0.15) is 30.3 Å². The van der Waals surface area contributed by atoms with Crippen molar-refractivity contribution in [2.75, 3.05) is 13.3 Å². The van der Waals surface area contributed by atoms with Crippen molar-refractivity contribution in [3.8, 4) is 11.5 Å². The standard InChI is InChI=1S/C17H13F4O3P/c1-25(2,23)14-4-3-13(12-8-17(20,21)16(22)15(12)14)24-11-6-9(18)5-10(19)7-11/h3-7H,8H2,1-2H3. The molecule has 0 amide bonds. The van der Waals surface area contributed by atoms with E-state index in [1.807, 2.05) is 0 Å². The number of ether oxygens (including phenoxy) is 1. The lowest BCUT2D eigenvalue weighted by molar-refractivity contribution is 0.0167. The van der Waals surface area contributed by atoms with Crippen molar-refractivity contribution < 1.29 is 31.7 Å². The molecule has 0 unspecified atom stereocenters. The van der Waals surface area contributed by atoms with Gasteiger partial charge in [-0.25, -0.2) is 8.78 Å². The fraction of sp³-hybridized carbons (Fsp3) is 0.235. The van der Waals surface area contributed by atoms with Crippen LogP contribution in [0.3, 0.4) is 0 Å². The SMILES string of the molecule is CP(C)(=O)c1ccc(Oc2cc(F)cc(F)c2)c2c1C(=O)C(F)(F)C2. The molecule has 2 aromatic carbocycles. The monoisotopic (exact) mass is 372 g/mol. The minimum absolute atomic E-state index is 0.0439. The fourth-order valence-electron chi connectivity index (χ4n) is 2.79. The number of fused-ring (bicyclic) bond motifs is 1. The topological polar surface area (TPSA) is 43.4 Å². The second-order valence-electron chi connectivity index (χ2n) is 6.20. The number of rotatable bonds is 3. The number of hydrogen-bond acceptors (Lipinski definition) is 3. The first kappa shape index (κ1) is 17.7. The molecule has 3 rings (SSSR count). The number of alkyl halides is 2. The Morgan fingerprint density at radius 2 is 1.68 bits per heavy atom. The van der Waals surface area contributed by atoms with Crippen LogP contribution >= 0.6 is 7.14 Å². The summed E-state index contributed by atoms with van der Waals surface area (Å²) in [5.41, 5.74) is -0.436. The normalized spacial score (nSPS) is 16.0. The molecule has 0 atom stereocenters. The van der Waals surface area contributed by atoms with Crippen LogP contribution in [-0.4, -0.2) is 25.0 Å². The van der Waals surface area contributed by atoms with E-state index in [1.54, 1.807) is 0 Å². The molecule has 1 aliphatic carbocycles. The lowest BCUT2D eigenvalue weighted by atomic mass is 10.1. The Morgan fingerprint density at radius 3 is 2.24 bits per heavy atom. The number of carbonyl (C=O) groups is 1. The van der Waals surface area contributed by atoms with Gasteiger partial charge in [0.25, 0.3) is 0 Å². The highest BCUT2D eigenvalue weighted by Gasteiger charge is 2.50. The first-order valence-electron chi connectivity index (χ1n) is 7.27. The lowest BCUT2D eigenvalue weighted by Crippen LogP contribution is -2.26. The van der Waals surface area contributed by atoms with Crippen LogP contribution in [0.15, 0.2) is 30.3 Å². The zero-order valence-corrected chi connectivity index (χ0v) is 14.2. The van der Waals surface area contributed by atoms with Crippen molar-refractivity contribution in [2.24, 2.45) is 0 Å². The molecule has 0 N–H and O–H groups in total. The Kier molecular flexibility index (Phi) is 4.03. The van der Waals surface area contributed by atoms with Crippen molar-refractivity contribution >= 4 is 18.2 Å². The first-order chi connectivity index (χ1) is 11.5. The van der Waals surface area contributed by atoms with Crippen molar-refractivity contribution in [2.45, 2.75) is 12.3 Å². The van der Waals surface area contributed by atoms with E-state index in [4.69, 9.17) is 4.74 Å². The Balaban J connectivity index is 2.15. The zero-order chi connectivity index (χ0) is 18.6. The third-order valence-electron chi connectivity index (χ3n) is 3.85. The molecule has 132 valence electrons. The van der Waals surface area contributed by atoms with Gasteiger partial charge < -0.3 is 9.30 Å².